The predicted molar refractivity (Wildman–Crippen MR) is 65.5 cm³/mol. The number of benzene rings is 1. The van der Waals surface area contributed by atoms with E-state index < -0.39 is 0 Å². The van der Waals surface area contributed by atoms with Gasteiger partial charge in [0.25, 0.3) is 0 Å². The molecule has 15 heavy (non-hydrogen) atoms. The van der Waals surface area contributed by atoms with Gasteiger partial charge >= 0.3 is 0 Å². The molecular weight excluding hydrogens is 206 g/mol. The Balaban J connectivity index is 2.36. The number of hydrogen-bond acceptors (Lipinski definition) is 1. The lowest BCUT2D eigenvalue weighted by Gasteiger charge is -2.38. The molecule has 82 valence electrons. The monoisotopic (exact) mass is 223 g/mol. The van der Waals surface area contributed by atoms with Gasteiger partial charge in [0.1, 0.15) is 0 Å². The maximum absolute atomic E-state index is 6.31. The molecule has 1 aromatic carbocycles. The Morgan fingerprint density at radius 2 is 1.93 bits per heavy atom. The maximum Gasteiger partial charge on any atom is 0.0443 e. The van der Waals surface area contributed by atoms with E-state index >= 15 is 0 Å². The first-order valence-corrected chi connectivity index (χ1v) is 6.12. The van der Waals surface area contributed by atoms with Crippen LogP contribution in [0.15, 0.2) is 24.3 Å². The molecule has 0 spiro atoms. The standard InChI is InChI=1S/C13H18ClN/c1-2-13(7-9-15-10-8-13)11-5-3-4-6-12(11)14/h3-6,15H,2,7-10H2,1H3. The minimum absolute atomic E-state index is 0.309. The average Bonchev–Trinajstić information content (AvgIpc) is 2.30. The lowest BCUT2D eigenvalue weighted by Crippen LogP contribution is -2.39. The summed E-state index contributed by atoms with van der Waals surface area (Å²) in [6.45, 7) is 4.49. The molecule has 0 aromatic heterocycles. The van der Waals surface area contributed by atoms with E-state index in [1.54, 1.807) is 0 Å². The Hall–Kier alpha value is -0.530. The maximum atomic E-state index is 6.31. The molecule has 1 saturated heterocycles. The van der Waals surface area contributed by atoms with Crippen molar-refractivity contribution in [3.05, 3.63) is 34.9 Å². The van der Waals surface area contributed by atoms with E-state index in [9.17, 15) is 0 Å². The fourth-order valence-electron chi connectivity index (χ4n) is 2.61. The molecule has 0 amide bonds. The highest BCUT2D eigenvalue weighted by Crippen LogP contribution is 2.39. The molecule has 1 nitrogen and oxygen atoms in total. The molecule has 2 rings (SSSR count). The van der Waals surface area contributed by atoms with Crippen LogP contribution in [0.3, 0.4) is 0 Å². The zero-order chi connectivity index (χ0) is 10.7. The van der Waals surface area contributed by atoms with E-state index in [2.05, 4.69) is 24.4 Å². The molecular formula is C13H18ClN. The Morgan fingerprint density at radius 3 is 2.53 bits per heavy atom. The summed E-state index contributed by atoms with van der Waals surface area (Å²) in [5, 5.41) is 4.35. The molecule has 0 aliphatic carbocycles. The quantitative estimate of drug-likeness (QED) is 0.811. The normalized spacial score (nSPS) is 20.1. The van der Waals surface area contributed by atoms with Crippen LogP contribution in [-0.4, -0.2) is 13.1 Å². The predicted octanol–water partition coefficient (Wildman–Crippen LogP) is 3.37. The molecule has 2 heteroatoms. The van der Waals surface area contributed by atoms with Crippen LogP contribution in [0.25, 0.3) is 0 Å². The third kappa shape index (κ3) is 2.04. The van der Waals surface area contributed by atoms with Crippen molar-refractivity contribution in [2.45, 2.75) is 31.6 Å². The van der Waals surface area contributed by atoms with Gasteiger partial charge in [-0.3, -0.25) is 0 Å². The Kier molecular flexibility index (Phi) is 3.32. The van der Waals surface area contributed by atoms with Crippen LogP contribution in [-0.2, 0) is 5.41 Å². The molecule has 0 bridgehead atoms. The first-order valence-electron chi connectivity index (χ1n) is 5.74. The lowest BCUT2D eigenvalue weighted by atomic mass is 9.71. The second-order valence-electron chi connectivity index (χ2n) is 4.36. The third-order valence-corrected chi connectivity index (χ3v) is 4.01. The topological polar surface area (TPSA) is 12.0 Å². The fourth-order valence-corrected chi connectivity index (χ4v) is 2.95. The number of rotatable bonds is 2. The second kappa shape index (κ2) is 4.54. The summed E-state index contributed by atoms with van der Waals surface area (Å²) >= 11 is 6.31. The molecule has 0 saturated carbocycles. The zero-order valence-electron chi connectivity index (χ0n) is 9.22. The van der Waals surface area contributed by atoms with Crippen LogP contribution in [0.1, 0.15) is 31.7 Å². The summed E-state index contributed by atoms with van der Waals surface area (Å²) in [7, 11) is 0. The molecule has 1 aliphatic heterocycles. The van der Waals surface area contributed by atoms with Gasteiger partial charge in [0.2, 0.25) is 0 Å². The van der Waals surface area contributed by atoms with Crippen LogP contribution in [0.2, 0.25) is 5.02 Å². The molecule has 0 unspecified atom stereocenters. The summed E-state index contributed by atoms with van der Waals surface area (Å²) in [5.74, 6) is 0. The molecule has 1 aliphatic rings. The van der Waals surface area contributed by atoms with Gasteiger partial charge < -0.3 is 5.32 Å². The zero-order valence-corrected chi connectivity index (χ0v) is 9.98. The van der Waals surface area contributed by atoms with Gasteiger partial charge in [-0.15, -0.1) is 0 Å². The minimum atomic E-state index is 0.309. The van der Waals surface area contributed by atoms with Crippen molar-refractivity contribution in [2.24, 2.45) is 0 Å². The molecule has 0 radical (unpaired) electrons. The smallest absolute Gasteiger partial charge is 0.0443 e. The van der Waals surface area contributed by atoms with Gasteiger partial charge in [-0.2, -0.15) is 0 Å². The van der Waals surface area contributed by atoms with Gasteiger partial charge in [-0.25, -0.2) is 0 Å². The van der Waals surface area contributed by atoms with Crippen LogP contribution in [0, 0.1) is 0 Å². The lowest BCUT2D eigenvalue weighted by molar-refractivity contribution is 0.298. The fraction of sp³-hybridized carbons (Fsp3) is 0.538. The summed E-state index contributed by atoms with van der Waals surface area (Å²) in [6, 6.07) is 8.31. The van der Waals surface area contributed by atoms with E-state index in [-0.39, 0.29) is 0 Å². The minimum Gasteiger partial charge on any atom is -0.317 e. The highest BCUT2D eigenvalue weighted by Gasteiger charge is 2.33. The van der Waals surface area contributed by atoms with Crippen LogP contribution >= 0.6 is 11.6 Å². The number of nitrogens with one attached hydrogen (secondary N) is 1. The van der Waals surface area contributed by atoms with Crippen molar-refractivity contribution in [2.75, 3.05) is 13.1 Å². The summed E-state index contributed by atoms with van der Waals surface area (Å²) < 4.78 is 0. The van der Waals surface area contributed by atoms with Gasteiger partial charge in [0.05, 0.1) is 0 Å². The number of piperidine rings is 1. The average molecular weight is 224 g/mol. The van der Waals surface area contributed by atoms with E-state index in [0.717, 1.165) is 18.1 Å². The van der Waals surface area contributed by atoms with Crippen molar-refractivity contribution in [3.63, 3.8) is 0 Å². The summed E-state index contributed by atoms with van der Waals surface area (Å²) in [5.41, 5.74) is 1.65. The number of halogens is 1. The Bertz CT molecular complexity index is 329. The SMILES string of the molecule is CCC1(c2ccccc2Cl)CCNCC1. The molecule has 1 heterocycles. The Labute approximate surface area is 96.8 Å². The van der Waals surface area contributed by atoms with Crippen molar-refractivity contribution >= 4 is 11.6 Å². The van der Waals surface area contributed by atoms with Gasteiger partial charge in [0.15, 0.2) is 0 Å². The van der Waals surface area contributed by atoms with Crippen molar-refractivity contribution in [1.29, 1.82) is 0 Å². The van der Waals surface area contributed by atoms with Crippen LogP contribution in [0.5, 0.6) is 0 Å². The van der Waals surface area contributed by atoms with Crippen molar-refractivity contribution in [1.82, 2.24) is 5.32 Å². The van der Waals surface area contributed by atoms with E-state index in [1.807, 2.05) is 12.1 Å². The van der Waals surface area contributed by atoms with Gasteiger partial charge in [-0.1, -0.05) is 36.7 Å². The molecule has 1 aromatic rings. The van der Waals surface area contributed by atoms with E-state index in [0.29, 0.717) is 5.41 Å². The van der Waals surface area contributed by atoms with E-state index in [1.165, 1.54) is 24.8 Å². The van der Waals surface area contributed by atoms with Crippen molar-refractivity contribution < 1.29 is 0 Å². The van der Waals surface area contributed by atoms with Gasteiger partial charge in [0, 0.05) is 5.02 Å². The van der Waals surface area contributed by atoms with E-state index in [4.69, 9.17) is 11.6 Å². The Morgan fingerprint density at radius 1 is 1.27 bits per heavy atom. The summed E-state index contributed by atoms with van der Waals surface area (Å²) in [6.07, 6.45) is 3.58. The third-order valence-electron chi connectivity index (χ3n) is 3.68. The highest BCUT2D eigenvalue weighted by atomic mass is 35.5. The second-order valence-corrected chi connectivity index (χ2v) is 4.77. The molecule has 1 fully saturated rings. The first kappa shape index (κ1) is 11.0. The first-order chi connectivity index (χ1) is 7.28. The molecule has 1 N–H and O–H groups in total. The van der Waals surface area contributed by atoms with Gasteiger partial charge in [-0.05, 0) is 49.4 Å². The highest BCUT2D eigenvalue weighted by molar-refractivity contribution is 6.31. The van der Waals surface area contributed by atoms with Crippen LogP contribution in [0.4, 0.5) is 0 Å². The van der Waals surface area contributed by atoms with Crippen LogP contribution < -0.4 is 5.32 Å². The largest absolute Gasteiger partial charge is 0.317 e. The van der Waals surface area contributed by atoms with Crippen molar-refractivity contribution in [3.8, 4) is 0 Å². The molecule has 0 atom stereocenters. The number of hydrogen-bond donors (Lipinski definition) is 1. The summed E-state index contributed by atoms with van der Waals surface area (Å²) in [4.78, 5) is 0.